The molecular weight excluding hydrogens is 330 g/mol. The average Bonchev–Trinajstić information content (AvgIpc) is 3.22. The number of nitrogens with one attached hydrogen (secondary N) is 1. The molecule has 0 bridgehead atoms. The van der Waals surface area contributed by atoms with Crippen molar-refractivity contribution < 1.29 is 0 Å². The van der Waals surface area contributed by atoms with E-state index in [1.807, 2.05) is 34.8 Å². The number of halogens is 1. The van der Waals surface area contributed by atoms with Crippen molar-refractivity contribution >= 4 is 33.1 Å². The molecule has 1 aliphatic carbocycles. The molecule has 0 unspecified atom stereocenters. The first-order valence-electron chi connectivity index (χ1n) is 6.88. The lowest BCUT2D eigenvalue weighted by molar-refractivity contribution is 0.926. The molecule has 106 valence electrons. The van der Waals surface area contributed by atoms with Crippen LogP contribution in [0.25, 0.3) is 16.9 Å². The van der Waals surface area contributed by atoms with Crippen molar-refractivity contribution in [1.29, 1.82) is 0 Å². The van der Waals surface area contributed by atoms with Crippen molar-refractivity contribution in [2.75, 3.05) is 11.1 Å². The van der Waals surface area contributed by atoms with Gasteiger partial charge in [0.05, 0.1) is 16.4 Å². The van der Waals surface area contributed by atoms with Crippen molar-refractivity contribution in [3.8, 4) is 11.3 Å². The second kappa shape index (κ2) is 4.73. The van der Waals surface area contributed by atoms with E-state index in [1.165, 1.54) is 12.8 Å². The Hall–Kier alpha value is -2.08. The molecule has 2 aromatic heterocycles. The van der Waals surface area contributed by atoms with Crippen LogP contribution >= 0.6 is 15.9 Å². The van der Waals surface area contributed by atoms with Gasteiger partial charge in [-0.3, -0.25) is 0 Å². The molecule has 1 aromatic carbocycles. The molecule has 3 N–H and O–H groups in total. The minimum atomic E-state index is 0.541. The summed E-state index contributed by atoms with van der Waals surface area (Å²) in [7, 11) is 0. The van der Waals surface area contributed by atoms with Crippen LogP contribution in [-0.4, -0.2) is 20.6 Å². The smallest absolute Gasteiger partial charge is 0.172 e. The molecule has 2 heterocycles. The Morgan fingerprint density at radius 2 is 2.10 bits per heavy atom. The van der Waals surface area contributed by atoms with Crippen LogP contribution in [0.1, 0.15) is 12.8 Å². The quantitative estimate of drug-likeness (QED) is 0.716. The van der Waals surface area contributed by atoms with E-state index in [2.05, 4.69) is 31.3 Å². The molecule has 4 rings (SSSR count). The summed E-state index contributed by atoms with van der Waals surface area (Å²) in [4.78, 5) is 4.69. The monoisotopic (exact) mass is 343 g/mol. The summed E-state index contributed by atoms with van der Waals surface area (Å²) in [6.45, 7) is 0. The van der Waals surface area contributed by atoms with Gasteiger partial charge in [-0.1, -0.05) is 18.2 Å². The number of fused-ring (bicyclic) bond motifs is 1. The topological polar surface area (TPSA) is 68.2 Å². The predicted molar refractivity (Wildman–Crippen MR) is 87.2 cm³/mol. The number of nitrogens with two attached hydrogens (primary N) is 1. The van der Waals surface area contributed by atoms with E-state index in [1.54, 1.807) is 6.20 Å². The minimum absolute atomic E-state index is 0.541. The number of rotatable bonds is 3. The molecule has 0 atom stereocenters. The number of benzene rings is 1. The third kappa shape index (κ3) is 2.25. The molecule has 0 saturated heterocycles. The zero-order valence-corrected chi connectivity index (χ0v) is 12.8. The van der Waals surface area contributed by atoms with E-state index in [0.717, 1.165) is 32.9 Å². The highest BCUT2D eigenvalue weighted by Gasteiger charge is 2.23. The van der Waals surface area contributed by atoms with E-state index in [-0.39, 0.29) is 0 Å². The van der Waals surface area contributed by atoms with Gasteiger partial charge in [-0.05, 0) is 34.8 Å². The highest BCUT2D eigenvalue weighted by Crippen LogP contribution is 2.31. The highest BCUT2D eigenvalue weighted by atomic mass is 79.9. The van der Waals surface area contributed by atoms with Crippen LogP contribution in [0.2, 0.25) is 0 Å². The third-order valence-electron chi connectivity index (χ3n) is 3.59. The maximum atomic E-state index is 6.08. The van der Waals surface area contributed by atoms with Crippen molar-refractivity contribution in [3.05, 3.63) is 41.0 Å². The summed E-state index contributed by atoms with van der Waals surface area (Å²) in [5.41, 5.74) is 9.38. The minimum Gasteiger partial charge on any atom is -0.398 e. The fourth-order valence-electron chi connectivity index (χ4n) is 2.34. The molecular formula is C15H14BrN5. The first kappa shape index (κ1) is 12.6. The molecule has 21 heavy (non-hydrogen) atoms. The first-order chi connectivity index (χ1) is 10.2. The number of aromatic nitrogens is 3. The lowest BCUT2D eigenvalue weighted by Gasteiger charge is -2.11. The van der Waals surface area contributed by atoms with Crippen LogP contribution in [0, 0.1) is 0 Å². The Labute approximate surface area is 130 Å². The van der Waals surface area contributed by atoms with Gasteiger partial charge in [-0.15, -0.1) is 0 Å². The standard InChI is InChI=1S/C15H14BrN5/c16-11-8-18-21-14(19-9-5-6-9)7-13(20-15(11)21)10-3-1-2-4-12(10)17/h1-4,7-9,19H,5-6,17H2. The van der Waals surface area contributed by atoms with Crippen molar-refractivity contribution in [2.45, 2.75) is 18.9 Å². The number of hydrogen-bond acceptors (Lipinski definition) is 4. The van der Waals surface area contributed by atoms with Crippen LogP contribution in [0.3, 0.4) is 0 Å². The van der Waals surface area contributed by atoms with Gasteiger partial charge in [0.2, 0.25) is 0 Å². The van der Waals surface area contributed by atoms with Gasteiger partial charge in [0.1, 0.15) is 5.82 Å². The highest BCUT2D eigenvalue weighted by molar-refractivity contribution is 9.10. The zero-order valence-electron chi connectivity index (χ0n) is 11.3. The summed E-state index contributed by atoms with van der Waals surface area (Å²) in [6, 6.07) is 10.3. The summed E-state index contributed by atoms with van der Waals surface area (Å²) >= 11 is 3.50. The Morgan fingerprint density at radius 3 is 2.86 bits per heavy atom. The fourth-order valence-corrected chi connectivity index (χ4v) is 2.69. The van der Waals surface area contributed by atoms with Crippen molar-refractivity contribution in [2.24, 2.45) is 0 Å². The van der Waals surface area contributed by atoms with E-state index in [4.69, 9.17) is 5.73 Å². The number of anilines is 2. The van der Waals surface area contributed by atoms with Gasteiger partial charge in [-0.2, -0.15) is 9.61 Å². The molecule has 0 spiro atoms. The molecule has 0 aliphatic heterocycles. The lowest BCUT2D eigenvalue weighted by atomic mass is 10.1. The van der Waals surface area contributed by atoms with E-state index in [0.29, 0.717) is 6.04 Å². The van der Waals surface area contributed by atoms with Gasteiger partial charge in [0.15, 0.2) is 5.65 Å². The summed E-state index contributed by atoms with van der Waals surface area (Å²) in [5.74, 6) is 0.950. The number of hydrogen-bond donors (Lipinski definition) is 2. The molecule has 0 amide bonds. The molecule has 5 nitrogen and oxygen atoms in total. The van der Waals surface area contributed by atoms with E-state index < -0.39 is 0 Å². The molecule has 1 saturated carbocycles. The molecule has 6 heteroatoms. The lowest BCUT2D eigenvalue weighted by Crippen LogP contribution is -2.08. The number of nitrogen functional groups attached to an aromatic ring is 1. The zero-order chi connectivity index (χ0) is 14.4. The van der Waals surface area contributed by atoms with Crippen molar-refractivity contribution in [1.82, 2.24) is 14.6 Å². The Balaban J connectivity index is 1.92. The maximum Gasteiger partial charge on any atom is 0.172 e. The van der Waals surface area contributed by atoms with Crippen LogP contribution in [0.5, 0.6) is 0 Å². The number of para-hydroxylation sites is 1. The van der Waals surface area contributed by atoms with Crippen LogP contribution in [0.4, 0.5) is 11.5 Å². The second-order valence-electron chi connectivity index (χ2n) is 5.26. The van der Waals surface area contributed by atoms with Gasteiger partial charge in [0, 0.05) is 23.4 Å². The number of nitrogens with zero attached hydrogens (tertiary/aromatic N) is 3. The van der Waals surface area contributed by atoms with Crippen molar-refractivity contribution in [3.63, 3.8) is 0 Å². The van der Waals surface area contributed by atoms with Gasteiger partial charge < -0.3 is 11.1 Å². The summed E-state index contributed by atoms with van der Waals surface area (Å²) in [5, 5.41) is 7.87. The first-order valence-corrected chi connectivity index (χ1v) is 7.67. The second-order valence-corrected chi connectivity index (χ2v) is 6.11. The Kier molecular flexibility index (Phi) is 2.85. The largest absolute Gasteiger partial charge is 0.398 e. The molecule has 0 radical (unpaired) electrons. The normalized spacial score (nSPS) is 14.5. The Morgan fingerprint density at radius 1 is 1.29 bits per heavy atom. The van der Waals surface area contributed by atoms with Gasteiger partial charge in [-0.25, -0.2) is 4.98 Å². The van der Waals surface area contributed by atoms with Crippen LogP contribution in [-0.2, 0) is 0 Å². The average molecular weight is 344 g/mol. The predicted octanol–water partition coefficient (Wildman–Crippen LogP) is 3.32. The molecule has 1 aliphatic rings. The maximum absolute atomic E-state index is 6.08. The SMILES string of the molecule is Nc1ccccc1-c1cc(NC2CC2)n2ncc(Br)c2n1. The van der Waals surface area contributed by atoms with Gasteiger partial charge >= 0.3 is 0 Å². The fraction of sp³-hybridized carbons (Fsp3) is 0.200. The molecule has 3 aromatic rings. The molecule has 1 fully saturated rings. The van der Waals surface area contributed by atoms with E-state index >= 15 is 0 Å². The van der Waals surface area contributed by atoms with Crippen LogP contribution < -0.4 is 11.1 Å². The van der Waals surface area contributed by atoms with Crippen LogP contribution in [0.15, 0.2) is 41.0 Å². The van der Waals surface area contributed by atoms with Gasteiger partial charge in [0.25, 0.3) is 0 Å². The summed E-state index contributed by atoms with van der Waals surface area (Å²) < 4.78 is 2.70. The van der Waals surface area contributed by atoms with E-state index in [9.17, 15) is 0 Å². The summed E-state index contributed by atoms with van der Waals surface area (Å²) in [6.07, 6.45) is 4.17. The third-order valence-corrected chi connectivity index (χ3v) is 4.15. The Bertz CT molecular complexity index is 822.